The topological polar surface area (TPSA) is 79.5 Å². The molecule has 1 saturated heterocycles. The molecule has 0 aromatic heterocycles. The van der Waals surface area contributed by atoms with E-state index in [4.69, 9.17) is 4.74 Å². The number of likely N-dealkylation sites (N-methyl/N-ethyl adjacent to an activating group) is 1. The van der Waals surface area contributed by atoms with Gasteiger partial charge in [0.25, 0.3) is 0 Å². The SMILES string of the molecule is CCNC1COCC1C(=O)NC(C)C(=O)NC1CC1. The number of carbonyl (C=O) groups is 2. The maximum atomic E-state index is 12.1. The molecule has 2 fully saturated rings. The second-order valence-corrected chi connectivity index (χ2v) is 5.32. The van der Waals surface area contributed by atoms with Crippen molar-refractivity contribution >= 4 is 11.8 Å². The smallest absolute Gasteiger partial charge is 0.242 e. The Labute approximate surface area is 113 Å². The lowest BCUT2D eigenvalue weighted by molar-refractivity contribution is -0.131. The zero-order valence-corrected chi connectivity index (χ0v) is 11.6. The molecule has 1 aliphatic carbocycles. The van der Waals surface area contributed by atoms with Gasteiger partial charge in [-0.15, -0.1) is 0 Å². The lowest BCUT2D eigenvalue weighted by Crippen LogP contribution is -2.50. The molecule has 108 valence electrons. The largest absolute Gasteiger partial charge is 0.379 e. The second kappa shape index (κ2) is 6.34. The maximum absolute atomic E-state index is 12.1. The first-order valence-corrected chi connectivity index (χ1v) is 7.03. The van der Waals surface area contributed by atoms with Crippen LogP contribution >= 0.6 is 0 Å². The summed E-state index contributed by atoms with van der Waals surface area (Å²) >= 11 is 0. The first-order valence-electron chi connectivity index (χ1n) is 7.03. The molecule has 2 aliphatic rings. The molecule has 3 unspecified atom stereocenters. The molecular formula is C13H23N3O3. The van der Waals surface area contributed by atoms with Crippen LogP contribution in [0.4, 0.5) is 0 Å². The average Bonchev–Trinajstić information content (AvgIpc) is 3.05. The van der Waals surface area contributed by atoms with Gasteiger partial charge in [-0.05, 0) is 26.3 Å². The molecule has 2 rings (SSSR count). The van der Waals surface area contributed by atoms with Gasteiger partial charge in [-0.1, -0.05) is 6.92 Å². The van der Waals surface area contributed by atoms with E-state index >= 15 is 0 Å². The van der Waals surface area contributed by atoms with Crippen LogP contribution in [0.3, 0.4) is 0 Å². The molecule has 3 atom stereocenters. The van der Waals surface area contributed by atoms with E-state index in [-0.39, 0.29) is 23.8 Å². The van der Waals surface area contributed by atoms with Crippen LogP contribution in [0.25, 0.3) is 0 Å². The minimum Gasteiger partial charge on any atom is -0.379 e. The van der Waals surface area contributed by atoms with Gasteiger partial charge in [-0.3, -0.25) is 9.59 Å². The summed E-state index contributed by atoms with van der Waals surface area (Å²) < 4.78 is 5.34. The summed E-state index contributed by atoms with van der Waals surface area (Å²) in [6.45, 7) is 5.48. The fraction of sp³-hybridized carbons (Fsp3) is 0.846. The lowest BCUT2D eigenvalue weighted by Gasteiger charge is -2.20. The third-order valence-electron chi connectivity index (χ3n) is 3.56. The predicted molar refractivity (Wildman–Crippen MR) is 70.5 cm³/mol. The van der Waals surface area contributed by atoms with Crippen LogP contribution < -0.4 is 16.0 Å². The molecule has 0 radical (unpaired) electrons. The number of rotatable bonds is 6. The summed E-state index contributed by atoms with van der Waals surface area (Å²) in [5.41, 5.74) is 0. The number of ether oxygens (including phenoxy) is 1. The van der Waals surface area contributed by atoms with Gasteiger partial charge in [0.05, 0.1) is 19.1 Å². The summed E-state index contributed by atoms with van der Waals surface area (Å²) in [5.74, 6) is -0.423. The number of nitrogens with one attached hydrogen (secondary N) is 3. The highest BCUT2D eigenvalue weighted by Crippen LogP contribution is 2.18. The molecule has 6 nitrogen and oxygen atoms in total. The van der Waals surface area contributed by atoms with Gasteiger partial charge in [0, 0.05) is 12.1 Å². The van der Waals surface area contributed by atoms with Crippen molar-refractivity contribution in [2.45, 2.75) is 44.8 Å². The van der Waals surface area contributed by atoms with Crippen molar-refractivity contribution in [2.24, 2.45) is 5.92 Å². The van der Waals surface area contributed by atoms with Crippen LogP contribution in [0.5, 0.6) is 0 Å². The number of hydrogen-bond donors (Lipinski definition) is 3. The quantitative estimate of drug-likeness (QED) is 0.601. The number of hydrogen-bond acceptors (Lipinski definition) is 4. The standard InChI is InChI=1S/C13H23N3O3/c1-3-14-11-7-19-6-10(11)13(18)15-8(2)12(17)16-9-4-5-9/h8-11,14H,3-7H2,1-2H3,(H,15,18)(H,16,17). The van der Waals surface area contributed by atoms with E-state index in [0.717, 1.165) is 19.4 Å². The fourth-order valence-corrected chi connectivity index (χ4v) is 2.22. The molecule has 1 heterocycles. The molecule has 0 aromatic rings. The van der Waals surface area contributed by atoms with Gasteiger partial charge in [0.2, 0.25) is 11.8 Å². The van der Waals surface area contributed by atoms with Gasteiger partial charge in [-0.2, -0.15) is 0 Å². The second-order valence-electron chi connectivity index (χ2n) is 5.32. The van der Waals surface area contributed by atoms with E-state index in [1.165, 1.54) is 0 Å². The zero-order valence-electron chi connectivity index (χ0n) is 11.6. The third-order valence-corrected chi connectivity index (χ3v) is 3.56. The van der Waals surface area contributed by atoms with Crippen molar-refractivity contribution in [3.05, 3.63) is 0 Å². The Kier molecular flexibility index (Phi) is 4.76. The molecule has 1 saturated carbocycles. The number of carbonyl (C=O) groups excluding carboxylic acids is 2. The highest BCUT2D eigenvalue weighted by molar-refractivity contribution is 5.88. The van der Waals surface area contributed by atoms with Gasteiger partial charge in [0.15, 0.2) is 0 Å². The van der Waals surface area contributed by atoms with Gasteiger partial charge in [-0.25, -0.2) is 0 Å². The molecule has 6 heteroatoms. The molecule has 3 N–H and O–H groups in total. The van der Waals surface area contributed by atoms with E-state index in [2.05, 4.69) is 16.0 Å². The van der Waals surface area contributed by atoms with E-state index < -0.39 is 6.04 Å². The van der Waals surface area contributed by atoms with Crippen LogP contribution in [0.1, 0.15) is 26.7 Å². The molecule has 0 bridgehead atoms. The summed E-state index contributed by atoms with van der Waals surface area (Å²) in [5, 5.41) is 8.89. The van der Waals surface area contributed by atoms with Crippen molar-refractivity contribution in [3.63, 3.8) is 0 Å². The summed E-state index contributed by atoms with van der Waals surface area (Å²) in [7, 11) is 0. The lowest BCUT2D eigenvalue weighted by atomic mass is 10.0. The zero-order chi connectivity index (χ0) is 13.8. The van der Waals surface area contributed by atoms with Crippen molar-refractivity contribution in [1.82, 2.24) is 16.0 Å². The van der Waals surface area contributed by atoms with E-state index in [1.807, 2.05) is 6.92 Å². The predicted octanol–water partition coefficient (Wildman–Crippen LogP) is -0.606. The molecule has 19 heavy (non-hydrogen) atoms. The van der Waals surface area contributed by atoms with Crippen molar-refractivity contribution in [1.29, 1.82) is 0 Å². The van der Waals surface area contributed by atoms with E-state index in [1.54, 1.807) is 6.92 Å². The van der Waals surface area contributed by atoms with E-state index in [9.17, 15) is 9.59 Å². The maximum Gasteiger partial charge on any atom is 0.242 e. The van der Waals surface area contributed by atoms with Crippen LogP contribution in [-0.2, 0) is 14.3 Å². The monoisotopic (exact) mass is 269 g/mol. The molecule has 1 aliphatic heterocycles. The Morgan fingerprint density at radius 2 is 2.05 bits per heavy atom. The van der Waals surface area contributed by atoms with Crippen molar-refractivity contribution in [3.8, 4) is 0 Å². The van der Waals surface area contributed by atoms with Crippen molar-refractivity contribution in [2.75, 3.05) is 19.8 Å². The first kappa shape index (κ1) is 14.3. The Hall–Kier alpha value is -1.14. The molecular weight excluding hydrogens is 246 g/mol. The fourth-order valence-electron chi connectivity index (χ4n) is 2.22. The molecule has 2 amide bonds. The van der Waals surface area contributed by atoms with Gasteiger partial charge in [0.1, 0.15) is 6.04 Å². The summed E-state index contributed by atoms with van der Waals surface area (Å²) in [4.78, 5) is 23.9. The molecule has 0 aromatic carbocycles. The van der Waals surface area contributed by atoms with Crippen LogP contribution in [0.2, 0.25) is 0 Å². The van der Waals surface area contributed by atoms with Crippen LogP contribution in [0, 0.1) is 5.92 Å². The van der Waals surface area contributed by atoms with Gasteiger partial charge >= 0.3 is 0 Å². The van der Waals surface area contributed by atoms with Gasteiger partial charge < -0.3 is 20.7 Å². The Morgan fingerprint density at radius 1 is 1.32 bits per heavy atom. The Morgan fingerprint density at radius 3 is 2.68 bits per heavy atom. The Balaban J connectivity index is 1.80. The van der Waals surface area contributed by atoms with E-state index in [0.29, 0.717) is 19.3 Å². The highest BCUT2D eigenvalue weighted by Gasteiger charge is 2.35. The van der Waals surface area contributed by atoms with Crippen LogP contribution in [0.15, 0.2) is 0 Å². The minimum absolute atomic E-state index is 0.0451. The third kappa shape index (κ3) is 3.91. The van der Waals surface area contributed by atoms with Crippen molar-refractivity contribution < 1.29 is 14.3 Å². The number of amides is 2. The first-order chi connectivity index (χ1) is 9.11. The summed E-state index contributed by atoms with van der Waals surface area (Å²) in [6.07, 6.45) is 2.09. The Bertz CT molecular complexity index is 344. The minimum atomic E-state index is -0.490. The normalized spacial score (nSPS) is 27.9. The average molecular weight is 269 g/mol. The summed E-state index contributed by atoms with van der Waals surface area (Å²) in [6, 6.07) is -0.129. The highest BCUT2D eigenvalue weighted by atomic mass is 16.5. The molecule has 0 spiro atoms. The van der Waals surface area contributed by atoms with Crippen LogP contribution in [-0.4, -0.2) is 49.7 Å².